The molecule has 164 valence electrons. The van der Waals surface area contributed by atoms with Crippen molar-refractivity contribution in [3.05, 3.63) is 102 Å². The van der Waals surface area contributed by atoms with Crippen LogP contribution >= 0.6 is 0 Å². The summed E-state index contributed by atoms with van der Waals surface area (Å²) in [4.78, 5) is 16.9. The van der Waals surface area contributed by atoms with Crippen LogP contribution in [0.25, 0.3) is 5.65 Å². The van der Waals surface area contributed by atoms with Gasteiger partial charge >= 0.3 is 6.18 Å². The minimum absolute atomic E-state index is 0.265. The van der Waals surface area contributed by atoms with Crippen molar-refractivity contribution in [3.8, 4) is 5.75 Å². The molecule has 5 nitrogen and oxygen atoms in total. The summed E-state index contributed by atoms with van der Waals surface area (Å²) in [5.41, 5.74) is 2.05. The third kappa shape index (κ3) is 5.26. The highest BCUT2D eigenvalue weighted by molar-refractivity contribution is 5.94. The maximum absolute atomic E-state index is 12.6. The first-order valence-electron chi connectivity index (χ1n) is 9.98. The van der Waals surface area contributed by atoms with Gasteiger partial charge in [-0.15, -0.1) is 0 Å². The van der Waals surface area contributed by atoms with Gasteiger partial charge in [0.1, 0.15) is 18.0 Å². The Balaban J connectivity index is 1.30. The molecule has 0 aliphatic heterocycles. The van der Waals surface area contributed by atoms with Crippen molar-refractivity contribution < 1.29 is 22.7 Å². The number of rotatable bonds is 7. The van der Waals surface area contributed by atoms with Gasteiger partial charge in [-0.05, 0) is 54.4 Å². The van der Waals surface area contributed by atoms with Crippen molar-refractivity contribution in [2.75, 3.05) is 6.54 Å². The SMILES string of the molecule is O=C(NCCc1ccc(C(F)(F)F)cc1)c1cccc(OCc2cn3ccccc3n2)c1. The molecular weight excluding hydrogens is 419 g/mol. The molecule has 0 spiro atoms. The lowest BCUT2D eigenvalue weighted by Gasteiger charge is -2.09. The average molecular weight is 439 g/mol. The molecule has 0 fully saturated rings. The monoisotopic (exact) mass is 439 g/mol. The Kier molecular flexibility index (Phi) is 6.11. The van der Waals surface area contributed by atoms with E-state index >= 15 is 0 Å². The second-order valence-corrected chi connectivity index (χ2v) is 7.22. The topological polar surface area (TPSA) is 55.6 Å². The van der Waals surface area contributed by atoms with Crippen molar-refractivity contribution in [1.82, 2.24) is 14.7 Å². The van der Waals surface area contributed by atoms with Crippen LogP contribution in [0.2, 0.25) is 0 Å². The quantitative estimate of drug-likeness (QED) is 0.446. The number of fused-ring (bicyclic) bond motifs is 1. The lowest BCUT2D eigenvalue weighted by atomic mass is 10.1. The Labute approximate surface area is 182 Å². The van der Waals surface area contributed by atoms with Crippen molar-refractivity contribution in [1.29, 1.82) is 0 Å². The number of pyridine rings is 1. The van der Waals surface area contributed by atoms with Gasteiger partial charge in [0.05, 0.1) is 11.3 Å². The van der Waals surface area contributed by atoms with E-state index in [0.717, 1.165) is 23.5 Å². The molecule has 0 unspecified atom stereocenters. The zero-order chi connectivity index (χ0) is 22.6. The average Bonchev–Trinajstić information content (AvgIpc) is 3.21. The highest BCUT2D eigenvalue weighted by Gasteiger charge is 2.29. The number of nitrogens with zero attached hydrogens (tertiary/aromatic N) is 2. The van der Waals surface area contributed by atoms with E-state index in [9.17, 15) is 18.0 Å². The fraction of sp³-hybridized carbons (Fsp3) is 0.167. The van der Waals surface area contributed by atoms with E-state index < -0.39 is 11.7 Å². The van der Waals surface area contributed by atoms with Crippen LogP contribution in [0.1, 0.15) is 27.2 Å². The summed E-state index contributed by atoms with van der Waals surface area (Å²) in [5, 5.41) is 2.78. The molecule has 32 heavy (non-hydrogen) atoms. The molecule has 2 aromatic carbocycles. The van der Waals surface area contributed by atoms with Gasteiger partial charge in [-0.1, -0.05) is 24.3 Å². The number of hydrogen-bond acceptors (Lipinski definition) is 3. The zero-order valence-electron chi connectivity index (χ0n) is 17.0. The molecule has 1 N–H and O–H groups in total. The lowest BCUT2D eigenvalue weighted by molar-refractivity contribution is -0.137. The second-order valence-electron chi connectivity index (χ2n) is 7.22. The van der Waals surface area contributed by atoms with Crippen LogP contribution in [0, 0.1) is 0 Å². The van der Waals surface area contributed by atoms with Gasteiger partial charge in [-0.3, -0.25) is 4.79 Å². The molecule has 2 heterocycles. The number of aromatic nitrogens is 2. The summed E-state index contributed by atoms with van der Waals surface area (Å²) in [6.07, 6.45) is -0.145. The van der Waals surface area contributed by atoms with E-state index in [1.807, 2.05) is 35.0 Å². The van der Waals surface area contributed by atoms with Crippen molar-refractivity contribution >= 4 is 11.6 Å². The van der Waals surface area contributed by atoms with Crippen LogP contribution < -0.4 is 10.1 Å². The third-order valence-corrected chi connectivity index (χ3v) is 4.88. The number of nitrogens with one attached hydrogen (secondary N) is 1. The molecule has 8 heteroatoms. The number of benzene rings is 2. The van der Waals surface area contributed by atoms with Crippen LogP contribution in [-0.2, 0) is 19.2 Å². The molecule has 0 radical (unpaired) electrons. The molecule has 0 atom stereocenters. The first kappa shape index (κ1) is 21.4. The highest BCUT2D eigenvalue weighted by Crippen LogP contribution is 2.29. The minimum Gasteiger partial charge on any atom is -0.487 e. The van der Waals surface area contributed by atoms with Gasteiger partial charge in [0.15, 0.2) is 0 Å². The van der Waals surface area contributed by atoms with E-state index in [4.69, 9.17) is 4.74 Å². The van der Waals surface area contributed by atoms with Crippen LogP contribution in [-0.4, -0.2) is 21.8 Å². The van der Waals surface area contributed by atoms with Gasteiger partial charge in [0, 0.05) is 24.5 Å². The number of alkyl halides is 3. The van der Waals surface area contributed by atoms with Gasteiger partial charge in [-0.2, -0.15) is 13.2 Å². The summed E-state index contributed by atoms with van der Waals surface area (Å²) in [6, 6.07) is 17.4. The van der Waals surface area contributed by atoms with E-state index in [1.54, 1.807) is 24.3 Å². The molecule has 4 aromatic rings. The molecule has 0 saturated carbocycles. The summed E-state index contributed by atoms with van der Waals surface area (Å²) in [7, 11) is 0. The lowest BCUT2D eigenvalue weighted by Crippen LogP contribution is -2.25. The normalized spacial score (nSPS) is 11.5. The molecule has 2 aromatic heterocycles. The van der Waals surface area contributed by atoms with E-state index in [0.29, 0.717) is 29.8 Å². The molecule has 0 saturated heterocycles. The first-order chi connectivity index (χ1) is 15.4. The fourth-order valence-corrected chi connectivity index (χ4v) is 3.22. The van der Waals surface area contributed by atoms with Gasteiger partial charge in [0.25, 0.3) is 5.91 Å². The summed E-state index contributed by atoms with van der Waals surface area (Å²) in [6.45, 7) is 0.567. The fourth-order valence-electron chi connectivity index (χ4n) is 3.22. The molecule has 0 bridgehead atoms. The number of ether oxygens (including phenoxy) is 1. The Morgan fingerprint density at radius 2 is 1.84 bits per heavy atom. The van der Waals surface area contributed by atoms with E-state index in [2.05, 4.69) is 10.3 Å². The Morgan fingerprint density at radius 1 is 1.03 bits per heavy atom. The molecule has 4 rings (SSSR count). The summed E-state index contributed by atoms with van der Waals surface area (Å²) in [5.74, 6) is 0.257. The number of amides is 1. The largest absolute Gasteiger partial charge is 0.487 e. The summed E-state index contributed by atoms with van der Waals surface area (Å²) < 4.78 is 45.6. The highest BCUT2D eigenvalue weighted by atomic mass is 19.4. The zero-order valence-corrected chi connectivity index (χ0v) is 17.0. The van der Waals surface area contributed by atoms with E-state index in [-0.39, 0.29) is 12.5 Å². The molecule has 0 aliphatic carbocycles. The number of carbonyl (C=O) groups excluding carboxylic acids is 1. The van der Waals surface area contributed by atoms with Crippen molar-refractivity contribution in [2.24, 2.45) is 0 Å². The van der Waals surface area contributed by atoms with Crippen LogP contribution in [0.15, 0.2) is 79.1 Å². The Hall–Kier alpha value is -3.81. The Bertz CT molecular complexity index is 1180. The number of imidazole rings is 1. The van der Waals surface area contributed by atoms with Gasteiger partial charge in [-0.25, -0.2) is 4.98 Å². The maximum Gasteiger partial charge on any atom is 0.416 e. The second kappa shape index (κ2) is 9.13. The smallest absolute Gasteiger partial charge is 0.416 e. The molecule has 0 aliphatic rings. The predicted molar refractivity (Wildman–Crippen MR) is 113 cm³/mol. The van der Waals surface area contributed by atoms with Crippen LogP contribution in [0.5, 0.6) is 5.75 Å². The first-order valence-corrected chi connectivity index (χ1v) is 9.98. The van der Waals surface area contributed by atoms with Crippen LogP contribution in [0.4, 0.5) is 13.2 Å². The molecule has 1 amide bonds. The van der Waals surface area contributed by atoms with Gasteiger partial charge < -0.3 is 14.5 Å². The minimum atomic E-state index is -4.36. The predicted octanol–water partition coefficient (Wildman–Crippen LogP) is 4.90. The number of hydrogen-bond donors (Lipinski definition) is 1. The third-order valence-electron chi connectivity index (χ3n) is 4.88. The Morgan fingerprint density at radius 3 is 2.59 bits per heavy atom. The van der Waals surface area contributed by atoms with Crippen molar-refractivity contribution in [2.45, 2.75) is 19.2 Å². The van der Waals surface area contributed by atoms with Gasteiger partial charge in [0.2, 0.25) is 0 Å². The van der Waals surface area contributed by atoms with Crippen LogP contribution in [0.3, 0.4) is 0 Å². The van der Waals surface area contributed by atoms with Crippen molar-refractivity contribution in [3.63, 3.8) is 0 Å². The number of carbonyl (C=O) groups is 1. The molecular formula is C24H20F3N3O2. The number of halogens is 3. The van der Waals surface area contributed by atoms with E-state index in [1.165, 1.54) is 12.1 Å². The maximum atomic E-state index is 12.6. The summed E-state index contributed by atoms with van der Waals surface area (Å²) >= 11 is 0. The standard InChI is InChI=1S/C24H20F3N3O2/c25-24(26,27)19-9-7-17(8-10-19)11-12-28-23(31)18-4-3-5-21(14-18)32-16-20-15-30-13-2-1-6-22(30)29-20/h1-10,13-15H,11-12,16H2,(H,28,31).